The lowest BCUT2D eigenvalue weighted by atomic mass is 10.1. The van der Waals surface area contributed by atoms with E-state index >= 15 is 0 Å². The summed E-state index contributed by atoms with van der Waals surface area (Å²) in [6, 6.07) is 12.7. The molecule has 1 unspecified atom stereocenters. The zero-order chi connectivity index (χ0) is 17.0. The lowest BCUT2D eigenvalue weighted by Crippen LogP contribution is -2.42. The Labute approximate surface area is 138 Å². The minimum Gasteiger partial charge on any atom is -0.468 e. The van der Waals surface area contributed by atoms with Crippen molar-refractivity contribution in [2.75, 3.05) is 7.11 Å². The van der Waals surface area contributed by atoms with Gasteiger partial charge in [0.25, 0.3) is 0 Å². The van der Waals surface area contributed by atoms with E-state index in [4.69, 9.17) is 4.74 Å². The predicted molar refractivity (Wildman–Crippen MR) is 95.9 cm³/mol. The number of esters is 1. The van der Waals surface area contributed by atoms with Crippen LogP contribution in [0.4, 0.5) is 0 Å². The largest absolute Gasteiger partial charge is 0.468 e. The molecule has 2 aromatic carbocycles. The van der Waals surface area contributed by atoms with Gasteiger partial charge in [0.15, 0.2) is 0 Å². The molecule has 0 fully saturated rings. The molecule has 5 heteroatoms. The molecule has 0 aliphatic rings. The molecule has 2 rings (SSSR count). The van der Waals surface area contributed by atoms with Gasteiger partial charge in [0.2, 0.25) is 0 Å². The van der Waals surface area contributed by atoms with E-state index in [1.165, 1.54) is 7.11 Å². The molecule has 1 N–H and O–H groups in total. The SMILES string of the molecule is C=S(=O)(N[C@H](CC(C)C)C(=O)OC)c1ccc2ccccc2c1. The average molecular weight is 333 g/mol. The minimum atomic E-state index is -2.80. The van der Waals surface area contributed by atoms with Crippen LogP contribution >= 0.6 is 0 Å². The Hall–Kier alpha value is -1.85. The lowest BCUT2D eigenvalue weighted by Gasteiger charge is -2.21. The Balaban J connectivity index is 2.32. The zero-order valence-corrected chi connectivity index (χ0v) is 14.6. The third-order valence-electron chi connectivity index (χ3n) is 3.63. The molecule has 0 aromatic heterocycles. The van der Waals surface area contributed by atoms with Crippen LogP contribution in [0.5, 0.6) is 0 Å². The smallest absolute Gasteiger partial charge is 0.323 e. The molecule has 23 heavy (non-hydrogen) atoms. The summed E-state index contributed by atoms with van der Waals surface area (Å²) < 4.78 is 20.7. The van der Waals surface area contributed by atoms with E-state index in [9.17, 15) is 9.00 Å². The highest BCUT2D eigenvalue weighted by Crippen LogP contribution is 2.20. The van der Waals surface area contributed by atoms with Crippen molar-refractivity contribution in [3.05, 3.63) is 42.5 Å². The summed E-state index contributed by atoms with van der Waals surface area (Å²) in [4.78, 5) is 12.5. The van der Waals surface area contributed by atoms with E-state index in [0.717, 1.165) is 10.8 Å². The molecule has 0 bridgehead atoms. The predicted octanol–water partition coefficient (Wildman–Crippen LogP) is 3.01. The van der Waals surface area contributed by atoms with Crippen molar-refractivity contribution in [3.8, 4) is 0 Å². The summed E-state index contributed by atoms with van der Waals surface area (Å²) in [6.07, 6.45) is 0.534. The summed E-state index contributed by atoms with van der Waals surface area (Å²) in [5.41, 5.74) is 0. The third kappa shape index (κ3) is 4.33. The maximum Gasteiger partial charge on any atom is 0.323 e. The molecule has 124 valence electrons. The quantitative estimate of drug-likeness (QED) is 0.653. The number of fused-ring (bicyclic) bond motifs is 1. The molecule has 0 aliphatic heterocycles. The van der Waals surface area contributed by atoms with Crippen molar-refractivity contribution >= 4 is 32.3 Å². The first kappa shape index (κ1) is 17.5. The van der Waals surface area contributed by atoms with Crippen molar-refractivity contribution in [1.82, 2.24) is 4.72 Å². The van der Waals surface area contributed by atoms with Crippen LogP contribution in [0.2, 0.25) is 0 Å². The molecule has 4 nitrogen and oxygen atoms in total. The summed E-state index contributed by atoms with van der Waals surface area (Å²) in [7, 11) is -1.47. The van der Waals surface area contributed by atoms with Crippen LogP contribution in [0.1, 0.15) is 20.3 Å². The number of rotatable bonds is 6. The normalized spacial score (nSPS) is 15.3. The highest BCUT2D eigenvalue weighted by Gasteiger charge is 2.24. The van der Waals surface area contributed by atoms with Gasteiger partial charge >= 0.3 is 5.97 Å². The van der Waals surface area contributed by atoms with Crippen molar-refractivity contribution < 1.29 is 13.7 Å². The van der Waals surface area contributed by atoms with Gasteiger partial charge in [-0.25, -0.2) is 8.93 Å². The number of methoxy groups -OCH3 is 1. The number of benzene rings is 2. The summed E-state index contributed by atoms with van der Waals surface area (Å²) >= 11 is 0. The first-order valence-corrected chi connectivity index (χ1v) is 9.27. The Morgan fingerprint density at radius 3 is 2.48 bits per heavy atom. The van der Waals surface area contributed by atoms with Gasteiger partial charge in [0.1, 0.15) is 6.04 Å². The summed E-state index contributed by atoms with van der Waals surface area (Å²) in [6.45, 7) is 4.00. The van der Waals surface area contributed by atoms with E-state index in [1.807, 2.05) is 50.2 Å². The van der Waals surface area contributed by atoms with E-state index in [-0.39, 0.29) is 5.92 Å². The first-order valence-electron chi connectivity index (χ1n) is 7.54. The second kappa shape index (κ2) is 7.15. The fourth-order valence-electron chi connectivity index (χ4n) is 2.48. The molecule has 0 saturated carbocycles. The molecule has 0 amide bonds. The van der Waals surface area contributed by atoms with Gasteiger partial charge in [-0.05, 0) is 41.1 Å². The maximum atomic E-state index is 13.0. The molecular formula is C18H23NO3S. The lowest BCUT2D eigenvalue weighted by molar-refractivity contribution is -0.143. The van der Waals surface area contributed by atoms with Crippen LogP contribution in [0, 0.1) is 5.92 Å². The molecule has 2 atom stereocenters. The third-order valence-corrected chi connectivity index (χ3v) is 5.31. The standard InChI is InChI=1S/C18H23NO3S/c1-13(2)11-17(18(20)22-3)19-23(4,21)16-10-9-14-7-5-6-8-15(14)12-16/h5-10,12-13,17H,4,11H2,1-3H3,(H,19,21)/t17-,23?/m1/s1. The van der Waals surface area contributed by atoms with Gasteiger partial charge in [-0.15, -0.1) is 0 Å². The van der Waals surface area contributed by atoms with Crippen molar-refractivity contribution in [2.24, 2.45) is 5.92 Å². The summed E-state index contributed by atoms with van der Waals surface area (Å²) in [5, 5.41) is 2.06. The number of hydrogen-bond donors (Lipinski definition) is 1. The van der Waals surface area contributed by atoms with Crippen LogP contribution in [-0.4, -0.2) is 29.2 Å². The van der Waals surface area contributed by atoms with Crippen molar-refractivity contribution in [1.29, 1.82) is 0 Å². The summed E-state index contributed by atoms with van der Waals surface area (Å²) in [5.74, 6) is 3.66. The number of ether oxygens (including phenoxy) is 1. The van der Waals surface area contributed by atoms with Crippen molar-refractivity contribution in [3.63, 3.8) is 0 Å². The topological polar surface area (TPSA) is 55.4 Å². The molecule has 0 radical (unpaired) electrons. The van der Waals surface area contributed by atoms with E-state index in [0.29, 0.717) is 11.3 Å². The molecule has 0 saturated heterocycles. The van der Waals surface area contributed by atoms with Crippen LogP contribution < -0.4 is 4.72 Å². The van der Waals surface area contributed by atoms with Crippen molar-refractivity contribution in [2.45, 2.75) is 31.2 Å². The van der Waals surface area contributed by atoms with Gasteiger partial charge < -0.3 is 4.74 Å². The number of nitrogens with one attached hydrogen (secondary N) is 1. The number of carbonyl (C=O) groups is 1. The van der Waals surface area contributed by atoms with Crippen LogP contribution in [0.25, 0.3) is 10.8 Å². The van der Waals surface area contributed by atoms with Crippen LogP contribution in [0.3, 0.4) is 0 Å². The maximum absolute atomic E-state index is 13.0. The molecule has 0 aliphatic carbocycles. The Morgan fingerprint density at radius 2 is 1.87 bits per heavy atom. The molecule has 2 aromatic rings. The molecule has 0 heterocycles. The second-order valence-corrected chi connectivity index (χ2v) is 8.06. The van der Waals surface area contributed by atoms with Gasteiger partial charge in [0.05, 0.1) is 16.8 Å². The van der Waals surface area contributed by atoms with E-state index in [1.54, 1.807) is 6.07 Å². The van der Waals surface area contributed by atoms with Gasteiger partial charge in [-0.3, -0.25) is 4.79 Å². The van der Waals surface area contributed by atoms with Crippen LogP contribution in [0.15, 0.2) is 47.4 Å². The van der Waals surface area contributed by atoms with Gasteiger partial charge in [-0.1, -0.05) is 44.2 Å². The highest BCUT2D eigenvalue weighted by molar-refractivity contribution is 7.98. The Kier molecular flexibility index (Phi) is 5.44. The zero-order valence-electron chi connectivity index (χ0n) is 13.7. The number of carbonyl (C=O) groups excluding carboxylic acids is 1. The number of hydrogen-bond acceptors (Lipinski definition) is 3. The minimum absolute atomic E-state index is 0.262. The second-order valence-electron chi connectivity index (χ2n) is 6.01. The monoisotopic (exact) mass is 333 g/mol. The van der Waals surface area contributed by atoms with E-state index < -0.39 is 21.7 Å². The highest BCUT2D eigenvalue weighted by atomic mass is 32.2. The molecule has 0 spiro atoms. The first-order chi connectivity index (χ1) is 10.8. The molecular weight excluding hydrogens is 310 g/mol. The van der Waals surface area contributed by atoms with Gasteiger partial charge in [0, 0.05) is 4.90 Å². The Morgan fingerprint density at radius 1 is 1.22 bits per heavy atom. The average Bonchev–Trinajstić information content (AvgIpc) is 2.52. The Bertz CT molecular complexity index is 797. The fraction of sp³-hybridized carbons (Fsp3) is 0.333. The van der Waals surface area contributed by atoms with Crippen LogP contribution in [-0.2, 0) is 19.2 Å². The van der Waals surface area contributed by atoms with E-state index in [2.05, 4.69) is 10.6 Å². The van der Waals surface area contributed by atoms with Gasteiger partial charge in [-0.2, -0.15) is 0 Å². The fourth-order valence-corrected chi connectivity index (χ4v) is 3.87.